The third-order valence-electron chi connectivity index (χ3n) is 2.48. The van der Waals surface area contributed by atoms with Crippen LogP contribution < -0.4 is 4.74 Å². The largest absolute Gasteiger partial charge is 0.481 e. The van der Waals surface area contributed by atoms with E-state index in [9.17, 15) is 4.79 Å². The van der Waals surface area contributed by atoms with Crippen molar-refractivity contribution < 1.29 is 14.6 Å². The number of aliphatic carboxylic acids is 1. The summed E-state index contributed by atoms with van der Waals surface area (Å²) in [5, 5.41) is 8.70. The van der Waals surface area contributed by atoms with Crippen LogP contribution in [0.4, 0.5) is 0 Å². The minimum absolute atomic E-state index is 0.520. The van der Waals surface area contributed by atoms with Crippen LogP contribution in [0.3, 0.4) is 0 Å². The molecular formula is C11H11NO3. The third kappa shape index (κ3) is 1.83. The van der Waals surface area contributed by atoms with Crippen molar-refractivity contribution in [1.29, 1.82) is 0 Å². The molecule has 15 heavy (non-hydrogen) atoms. The second kappa shape index (κ2) is 3.73. The van der Waals surface area contributed by atoms with Crippen LogP contribution >= 0.6 is 0 Å². The zero-order valence-corrected chi connectivity index (χ0v) is 8.36. The van der Waals surface area contributed by atoms with Gasteiger partial charge in [-0.2, -0.15) is 0 Å². The number of rotatable bonds is 2. The van der Waals surface area contributed by atoms with Crippen molar-refractivity contribution in [2.24, 2.45) is 0 Å². The monoisotopic (exact) mass is 205 g/mol. The first-order valence-electron chi connectivity index (χ1n) is 4.67. The molecule has 0 aliphatic heterocycles. The van der Waals surface area contributed by atoms with Crippen molar-refractivity contribution in [3.05, 3.63) is 29.5 Å². The summed E-state index contributed by atoms with van der Waals surface area (Å²) in [6.07, 6.45) is 4.62. The molecule has 1 heterocycles. The average molecular weight is 205 g/mol. The normalized spacial score (nSPS) is 16.5. The van der Waals surface area contributed by atoms with E-state index in [2.05, 4.69) is 4.98 Å². The molecule has 0 atom stereocenters. The molecule has 1 N–H and O–H groups in total. The number of allylic oxidation sites excluding steroid dienone is 1. The Hall–Kier alpha value is -1.84. The number of pyridine rings is 1. The van der Waals surface area contributed by atoms with Gasteiger partial charge < -0.3 is 9.84 Å². The Balaban J connectivity index is 2.44. The fourth-order valence-corrected chi connectivity index (χ4v) is 1.78. The predicted molar refractivity (Wildman–Crippen MR) is 54.7 cm³/mol. The number of carboxylic acid groups (broad SMARTS) is 1. The predicted octanol–water partition coefficient (Wildman–Crippen LogP) is 1.50. The van der Waals surface area contributed by atoms with Crippen LogP contribution in [0, 0.1) is 0 Å². The van der Waals surface area contributed by atoms with Crippen LogP contribution in [0.2, 0.25) is 0 Å². The minimum atomic E-state index is -0.909. The van der Waals surface area contributed by atoms with Crippen molar-refractivity contribution in [3.8, 4) is 5.88 Å². The van der Waals surface area contributed by atoms with Gasteiger partial charge in [0.25, 0.3) is 0 Å². The van der Waals surface area contributed by atoms with E-state index in [0.29, 0.717) is 5.88 Å². The van der Waals surface area contributed by atoms with Crippen LogP contribution in [-0.4, -0.2) is 23.2 Å². The first-order chi connectivity index (χ1) is 7.20. The molecule has 0 bridgehead atoms. The maximum atomic E-state index is 10.6. The number of aryl methyl sites for hydroxylation is 1. The van der Waals surface area contributed by atoms with Crippen molar-refractivity contribution in [2.45, 2.75) is 12.8 Å². The summed E-state index contributed by atoms with van der Waals surface area (Å²) in [5.41, 5.74) is 2.88. The van der Waals surface area contributed by atoms with Crippen LogP contribution in [0.25, 0.3) is 5.57 Å². The second-order valence-electron chi connectivity index (χ2n) is 3.39. The van der Waals surface area contributed by atoms with Gasteiger partial charge >= 0.3 is 5.97 Å². The van der Waals surface area contributed by atoms with Crippen molar-refractivity contribution in [1.82, 2.24) is 4.98 Å². The highest BCUT2D eigenvalue weighted by Crippen LogP contribution is 2.33. The quantitative estimate of drug-likeness (QED) is 0.743. The molecule has 0 radical (unpaired) electrons. The Morgan fingerprint density at radius 1 is 1.60 bits per heavy atom. The molecule has 1 aliphatic carbocycles. The molecule has 0 aromatic carbocycles. The summed E-state index contributed by atoms with van der Waals surface area (Å²) in [7, 11) is 1.55. The van der Waals surface area contributed by atoms with Gasteiger partial charge in [-0.15, -0.1) is 0 Å². The fraction of sp³-hybridized carbons (Fsp3) is 0.273. The topological polar surface area (TPSA) is 59.4 Å². The fourth-order valence-electron chi connectivity index (χ4n) is 1.78. The van der Waals surface area contributed by atoms with Crippen molar-refractivity contribution >= 4 is 11.5 Å². The molecule has 1 aromatic heterocycles. The van der Waals surface area contributed by atoms with Gasteiger partial charge in [-0.3, -0.25) is 0 Å². The Morgan fingerprint density at radius 3 is 3.07 bits per heavy atom. The lowest BCUT2D eigenvalue weighted by Crippen LogP contribution is -1.92. The summed E-state index contributed by atoms with van der Waals surface area (Å²) in [6, 6.07) is 1.79. The Labute approximate surface area is 87.2 Å². The summed E-state index contributed by atoms with van der Waals surface area (Å²) in [4.78, 5) is 14.7. The molecule has 0 saturated carbocycles. The highest BCUT2D eigenvalue weighted by molar-refractivity contribution is 5.91. The zero-order valence-electron chi connectivity index (χ0n) is 8.36. The van der Waals surface area contributed by atoms with Gasteiger partial charge in [0.2, 0.25) is 5.88 Å². The molecule has 2 rings (SSSR count). The van der Waals surface area contributed by atoms with Crippen molar-refractivity contribution in [3.63, 3.8) is 0 Å². The number of carbonyl (C=O) groups is 1. The lowest BCUT2D eigenvalue weighted by Gasteiger charge is -2.02. The van der Waals surface area contributed by atoms with Crippen molar-refractivity contribution in [2.75, 3.05) is 7.11 Å². The summed E-state index contributed by atoms with van der Waals surface area (Å²) in [5.74, 6) is -0.388. The average Bonchev–Trinajstić information content (AvgIpc) is 2.60. The summed E-state index contributed by atoms with van der Waals surface area (Å²) < 4.78 is 5.01. The number of carboxylic acids is 1. The third-order valence-corrected chi connectivity index (χ3v) is 2.48. The van der Waals surface area contributed by atoms with E-state index in [4.69, 9.17) is 9.84 Å². The van der Waals surface area contributed by atoms with E-state index in [1.165, 1.54) is 6.08 Å². The van der Waals surface area contributed by atoms with Gasteiger partial charge in [-0.1, -0.05) is 0 Å². The number of nitrogens with zero attached hydrogens (tertiary/aromatic N) is 1. The molecule has 1 aromatic rings. The van der Waals surface area contributed by atoms with E-state index in [0.717, 1.165) is 29.5 Å². The summed E-state index contributed by atoms with van der Waals surface area (Å²) >= 11 is 0. The van der Waals surface area contributed by atoms with Crippen LogP contribution in [-0.2, 0) is 11.2 Å². The SMILES string of the molecule is COc1cc2c(cn1)CC/C2=C/C(=O)O. The Kier molecular flexibility index (Phi) is 2.41. The number of fused-ring (bicyclic) bond motifs is 1. The maximum Gasteiger partial charge on any atom is 0.328 e. The van der Waals surface area contributed by atoms with Crippen LogP contribution in [0.5, 0.6) is 5.88 Å². The molecule has 0 amide bonds. The van der Waals surface area contributed by atoms with E-state index in [1.54, 1.807) is 19.4 Å². The Bertz CT molecular complexity index is 437. The van der Waals surface area contributed by atoms with E-state index in [1.807, 2.05) is 0 Å². The van der Waals surface area contributed by atoms with Crippen LogP contribution in [0.1, 0.15) is 17.5 Å². The molecule has 0 saturated heterocycles. The molecule has 4 nitrogen and oxygen atoms in total. The molecule has 78 valence electrons. The van der Waals surface area contributed by atoms with Gasteiger partial charge in [0.05, 0.1) is 7.11 Å². The second-order valence-corrected chi connectivity index (χ2v) is 3.39. The van der Waals surface area contributed by atoms with Gasteiger partial charge in [0.1, 0.15) is 0 Å². The number of methoxy groups -OCH3 is 1. The first kappa shape index (κ1) is 9.71. The maximum absolute atomic E-state index is 10.6. The molecule has 1 aliphatic rings. The highest BCUT2D eigenvalue weighted by atomic mass is 16.5. The van der Waals surface area contributed by atoms with Gasteiger partial charge in [0.15, 0.2) is 0 Å². The number of aromatic nitrogens is 1. The van der Waals surface area contributed by atoms with Crippen LogP contribution in [0.15, 0.2) is 18.3 Å². The van der Waals surface area contributed by atoms with Gasteiger partial charge in [0, 0.05) is 18.3 Å². The van der Waals surface area contributed by atoms with E-state index >= 15 is 0 Å². The molecule has 0 unspecified atom stereocenters. The van der Waals surface area contributed by atoms with Gasteiger partial charge in [-0.05, 0) is 29.5 Å². The number of hydrogen-bond acceptors (Lipinski definition) is 3. The molecular weight excluding hydrogens is 194 g/mol. The van der Waals surface area contributed by atoms with Gasteiger partial charge in [-0.25, -0.2) is 9.78 Å². The standard InChI is InChI=1S/C11H11NO3/c1-15-10-5-9-7(4-11(13)14)2-3-8(9)6-12-10/h4-6H,2-3H2,1H3,(H,13,14)/b7-4-. The van der Waals surface area contributed by atoms with E-state index < -0.39 is 5.97 Å². The minimum Gasteiger partial charge on any atom is -0.481 e. The number of ether oxygens (including phenoxy) is 1. The Morgan fingerprint density at radius 2 is 2.40 bits per heavy atom. The highest BCUT2D eigenvalue weighted by Gasteiger charge is 2.18. The summed E-state index contributed by atoms with van der Waals surface area (Å²) in [6.45, 7) is 0. The molecule has 4 heteroatoms. The molecule has 0 spiro atoms. The smallest absolute Gasteiger partial charge is 0.328 e. The lowest BCUT2D eigenvalue weighted by molar-refractivity contribution is -0.131. The molecule has 0 fully saturated rings. The first-order valence-corrected chi connectivity index (χ1v) is 4.67. The zero-order chi connectivity index (χ0) is 10.8. The number of hydrogen-bond donors (Lipinski definition) is 1. The van der Waals surface area contributed by atoms with E-state index in [-0.39, 0.29) is 0 Å². The lowest BCUT2D eigenvalue weighted by atomic mass is 10.1.